The molecular weight excluding hydrogens is 188 g/mol. The topological polar surface area (TPSA) is 23.6 Å². The minimum absolute atomic E-state index is 0.0302. The van der Waals surface area contributed by atoms with Gasteiger partial charge in [0.2, 0.25) is 5.91 Å². The molecule has 0 bridgehead atoms. The van der Waals surface area contributed by atoms with E-state index in [4.69, 9.17) is 0 Å². The molecule has 0 radical (unpaired) electrons. The average Bonchev–Trinajstić information content (AvgIpc) is 2.23. The Morgan fingerprint density at radius 1 is 1.13 bits per heavy atom. The molecule has 15 heavy (non-hydrogen) atoms. The molecule has 3 atom stereocenters. The maximum Gasteiger partial charge on any atom is 0.239 e. The zero-order valence-electron chi connectivity index (χ0n) is 11.0. The van der Waals surface area contributed by atoms with Gasteiger partial charge in [0.05, 0.1) is 6.04 Å². The molecule has 3 unspecified atom stereocenters. The monoisotopic (exact) mass is 212 g/mol. The number of likely N-dealkylation sites (N-methyl/N-ethyl adjacent to an activating group) is 2. The van der Waals surface area contributed by atoms with Gasteiger partial charge in [0.25, 0.3) is 0 Å². The maximum absolute atomic E-state index is 12.1. The van der Waals surface area contributed by atoms with Gasteiger partial charge in [-0.3, -0.25) is 9.69 Å². The standard InChI is InChI=1S/C12H24N2O/c1-8-9(2)13(6)11(15)10(3)14(7)12(8,4)5/h8-10H,1-7H3. The van der Waals surface area contributed by atoms with Crippen molar-refractivity contribution in [3.63, 3.8) is 0 Å². The molecule has 1 saturated heterocycles. The van der Waals surface area contributed by atoms with E-state index < -0.39 is 0 Å². The quantitative estimate of drug-likeness (QED) is 0.608. The Labute approximate surface area is 93.4 Å². The highest BCUT2D eigenvalue weighted by atomic mass is 16.2. The first-order chi connectivity index (χ1) is 6.71. The Hall–Kier alpha value is -0.570. The van der Waals surface area contributed by atoms with Crippen LogP contribution < -0.4 is 0 Å². The summed E-state index contributed by atoms with van der Waals surface area (Å²) < 4.78 is 0. The number of rotatable bonds is 0. The van der Waals surface area contributed by atoms with E-state index in [0.29, 0.717) is 12.0 Å². The second-order valence-electron chi connectivity index (χ2n) is 5.42. The summed E-state index contributed by atoms with van der Waals surface area (Å²) in [5, 5.41) is 0. The molecular formula is C12H24N2O. The maximum atomic E-state index is 12.1. The van der Waals surface area contributed by atoms with Crippen LogP contribution in [0.2, 0.25) is 0 Å². The van der Waals surface area contributed by atoms with E-state index in [1.54, 1.807) is 0 Å². The summed E-state index contributed by atoms with van der Waals surface area (Å²) in [5.41, 5.74) is 0.0548. The number of nitrogens with zero attached hydrogens (tertiary/aromatic N) is 2. The highest BCUT2D eigenvalue weighted by Crippen LogP contribution is 2.32. The Balaban J connectivity index is 3.14. The van der Waals surface area contributed by atoms with Crippen LogP contribution in [0.5, 0.6) is 0 Å². The van der Waals surface area contributed by atoms with E-state index in [9.17, 15) is 4.79 Å². The largest absolute Gasteiger partial charge is 0.341 e. The number of amides is 1. The molecule has 0 aliphatic carbocycles. The Morgan fingerprint density at radius 3 is 2.07 bits per heavy atom. The molecule has 3 nitrogen and oxygen atoms in total. The van der Waals surface area contributed by atoms with Crippen LogP contribution in [0.4, 0.5) is 0 Å². The fraction of sp³-hybridized carbons (Fsp3) is 0.917. The minimum atomic E-state index is -0.0302. The van der Waals surface area contributed by atoms with Gasteiger partial charge in [-0.1, -0.05) is 6.92 Å². The first-order valence-corrected chi connectivity index (χ1v) is 5.70. The zero-order chi connectivity index (χ0) is 12.0. The van der Waals surface area contributed by atoms with Gasteiger partial charge in [0.1, 0.15) is 0 Å². The van der Waals surface area contributed by atoms with Gasteiger partial charge >= 0.3 is 0 Å². The molecule has 1 rings (SSSR count). The Morgan fingerprint density at radius 2 is 1.60 bits per heavy atom. The Bertz CT molecular complexity index is 262. The lowest BCUT2D eigenvalue weighted by molar-refractivity contribution is -0.135. The lowest BCUT2D eigenvalue weighted by Crippen LogP contribution is -2.51. The molecule has 1 heterocycles. The summed E-state index contributed by atoms with van der Waals surface area (Å²) >= 11 is 0. The van der Waals surface area contributed by atoms with Crippen molar-refractivity contribution in [2.75, 3.05) is 14.1 Å². The number of carbonyl (C=O) groups is 1. The van der Waals surface area contributed by atoms with E-state index in [-0.39, 0.29) is 17.5 Å². The predicted molar refractivity (Wildman–Crippen MR) is 62.7 cm³/mol. The van der Waals surface area contributed by atoms with Gasteiger partial charge in [-0.05, 0) is 40.7 Å². The Kier molecular flexibility index (Phi) is 3.15. The van der Waals surface area contributed by atoms with Crippen molar-refractivity contribution in [2.45, 2.75) is 52.2 Å². The first kappa shape index (κ1) is 12.5. The summed E-state index contributed by atoms with van der Waals surface area (Å²) in [7, 11) is 3.96. The van der Waals surface area contributed by atoms with Crippen LogP contribution in [0.15, 0.2) is 0 Å². The fourth-order valence-electron chi connectivity index (χ4n) is 2.41. The lowest BCUT2D eigenvalue weighted by atomic mass is 9.82. The van der Waals surface area contributed by atoms with Crippen LogP contribution >= 0.6 is 0 Å². The van der Waals surface area contributed by atoms with Crippen LogP contribution in [-0.4, -0.2) is 47.4 Å². The van der Waals surface area contributed by atoms with Crippen molar-refractivity contribution >= 4 is 5.91 Å². The third kappa shape index (κ3) is 1.78. The van der Waals surface area contributed by atoms with Crippen molar-refractivity contribution in [2.24, 2.45) is 5.92 Å². The molecule has 0 saturated carbocycles. The van der Waals surface area contributed by atoms with Crippen molar-refractivity contribution in [3.05, 3.63) is 0 Å². The number of hydrogen-bond donors (Lipinski definition) is 0. The van der Waals surface area contributed by atoms with Crippen molar-refractivity contribution in [1.82, 2.24) is 9.80 Å². The third-order valence-electron chi connectivity index (χ3n) is 4.64. The molecule has 1 aliphatic heterocycles. The number of carbonyl (C=O) groups excluding carboxylic acids is 1. The van der Waals surface area contributed by atoms with Gasteiger partial charge in [0, 0.05) is 18.6 Å². The molecule has 0 spiro atoms. The second-order valence-corrected chi connectivity index (χ2v) is 5.42. The van der Waals surface area contributed by atoms with Crippen molar-refractivity contribution in [1.29, 1.82) is 0 Å². The van der Waals surface area contributed by atoms with Gasteiger partial charge < -0.3 is 4.90 Å². The van der Waals surface area contributed by atoms with Crippen LogP contribution in [0.25, 0.3) is 0 Å². The molecule has 88 valence electrons. The number of hydrogen-bond acceptors (Lipinski definition) is 2. The summed E-state index contributed by atoms with van der Waals surface area (Å²) in [6, 6.07) is 0.261. The lowest BCUT2D eigenvalue weighted by Gasteiger charge is -2.42. The highest BCUT2D eigenvalue weighted by molar-refractivity contribution is 5.82. The zero-order valence-corrected chi connectivity index (χ0v) is 11.0. The van der Waals surface area contributed by atoms with Crippen LogP contribution in [0.3, 0.4) is 0 Å². The normalized spacial score (nSPS) is 37.9. The van der Waals surface area contributed by atoms with E-state index in [1.807, 2.05) is 25.9 Å². The van der Waals surface area contributed by atoms with E-state index in [2.05, 4.69) is 32.6 Å². The molecule has 0 aromatic carbocycles. The summed E-state index contributed by atoms with van der Waals surface area (Å²) in [5.74, 6) is 0.684. The SMILES string of the molecule is CC1C(C)C(C)(C)N(C)C(C)C(=O)N1C. The fourth-order valence-corrected chi connectivity index (χ4v) is 2.41. The van der Waals surface area contributed by atoms with E-state index in [0.717, 1.165) is 0 Å². The molecule has 0 aromatic rings. The van der Waals surface area contributed by atoms with E-state index in [1.165, 1.54) is 0 Å². The molecule has 1 amide bonds. The summed E-state index contributed by atoms with van der Waals surface area (Å²) in [4.78, 5) is 16.2. The predicted octanol–water partition coefficient (Wildman–Crippen LogP) is 1.58. The molecule has 3 heteroatoms. The first-order valence-electron chi connectivity index (χ1n) is 5.70. The van der Waals surface area contributed by atoms with Crippen LogP contribution in [0.1, 0.15) is 34.6 Å². The minimum Gasteiger partial charge on any atom is -0.341 e. The highest BCUT2D eigenvalue weighted by Gasteiger charge is 2.43. The average molecular weight is 212 g/mol. The molecule has 1 fully saturated rings. The third-order valence-corrected chi connectivity index (χ3v) is 4.64. The molecule has 0 aromatic heterocycles. The molecule has 0 N–H and O–H groups in total. The summed E-state index contributed by atoms with van der Waals surface area (Å²) in [6.07, 6.45) is 0. The second kappa shape index (κ2) is 3.78. The van der Waals surface area contributed by atoms with Crippen LogP contribution in [-0.2, 0) is 4.79 Å². The summed E-state index contributed by atoms with van der Waals surface area (Å²) in [6.45, 7) is 10.8. The van der Waals surface area contributed by atoms with Crippen molar-refractivity contribution in [3.8, 4) is 0 Å². The van der Waals surface area contributed by atoms with Gasteiger partial charge in [0.15, 0.2) is 0 Å². The van der Waals surface area contributed by atoms with Crippen molar-refractivity contribution < 1.29 is 4.79 Å². The van der Waals surface area contributed by atoms with Crippen LogP contribution in [0, 0.1) is 5.92 Å². The van der Waals surface area contributed by atoms with Gasteiger partial charge in [-0.25, -0.2) is 0 Å². The molecule has 1 aliphatic rings. The van der Waals surface area contributed by atoms with Gasteiger partial charge in [-0.15, -0.1) is 0 Å². The smallest absolute Gasteiger partial charge is 0.239 e. The van der Waals surface area contributed by atoms with E-state index >= 15 is 0 Å². The van der Waals surface area contributed by atoms with Gasteiger partial charge in [-0.2, -0.15) is 0 Å².